The van der Waals surface area contributed by atoms with Gasteiger partial charge >= 0.3 is 0 Å². The van der Waals surface area contributed by atoms with Crippen LogP contribution in [0.25, 0.3) is 0 Å². The Morgan fingerprint density at radius 2 is 2.15 bits per heavy atom. The zero-order valence-electron chi connectivity index (χ0n) is 13.1. The maximum absolute atomic E-state index is 3.86. The van der Waals surface area contributed by atoms with Gasteiger partial charge in [-0.1, -0.05) is 32.8 Å². The molecule has 3 heteroatoms. The number of hydrogen-bond acceptors (Lipinski definition) is 3. The average molecular weight is 292 g/mol. The number of rotatable bonds is 3. The van der Waals surface area contributed by atoms with Gasteiger partial charge in [0, 0.05) is 41.5 Å². The highest BCUT2D eigenvalue weighted by molar-refractivity contribution is 7.10. The Morgan fingerprint density at radius 1 is 1.40 bits per heavy atom. The van der Waals surface area contributed by atoms with Crippen molar-refractivity contribution in [3.8, 4) is 0 Å². The van der Waals surface area contributed by atoms with E-state index in [9.17, 15) is 0 Å². The molecule has 2 aliphatic rings. The first-order chi connectivity index (χ1) is 9.51. The summed E-state index contributed by atoms with van der Waals surface area (Å²) in [4.78, 5) is 4.25. The summed E-state index contributed by atoms with van der Waals surface area (Å²) >= 11 is 1.90. The molecule has 1 saturated heterocycles. The van der Waals surface area contributed by atoms with Gasteiger partial charge in [0.2, 0.25) is 0 Å². The topological polar surface area (TPSA) is 15.3 Å². The van der Waals surface area contributed by atoms with Crippen LogP contribution in [0.5, 0.6) is 0 Å². The third-order valence-electron chi connectivity index (χ3n) is 5.25. The predicted molar refractivity (Wildman–Crippen MR) is 87.6 cm³/mol. The standard InChI is InChI=1S/C17H28N2S/c1-14-11-18-17(8-4-5-9-17)13-19(14)12-16(2,3)15-7-6-10-20-15/h6-7,10,14,18H,4-5,8-9,11-13H2,1-3H3. The quantitative estimate of drug-likeness (QED) is 0.915. The summed E-state index contributed by atoms with van der Waals surface area (Å²) in [6, 6.07) is 5.13. The van der Waals surface area contributed by atoms with Crippen molar-refractivity contribution >= 4 is 11.3 Å². The van der Waals surface area contributed by atoms with Crippen molar-refractivity contribution in [2.45, 2.75) is 63.5 Å². The average Bonchev–Trinajstić information content (AvgIpc) is 3.06. The van der Waals surface area contributed by atoms with Gasteiger partial charge in [0.05, 0.1) is 0 Å². The second-order valence-electron chi connectivity index (χ2n) is 7.48. The molecule has 1 aromatic rings. The predicted octanol–water partition coefficient (Wildman–Crippen LogP) is 3.63. The molecule has 20 heavy (non-hydrogen) atoms. The maximum Gasteiger partial charge on any atom is 0.0309 e. The van der Waals surface area contributed by atoms with Gasteiger partial charge in [-0.15, -0.1) is 11.3 Å². The van der Waals surface area contributed by atoms with Gasteiger partial charge in [0.15, 0.2) is 0 Å². The van der Waals surface area contributed by atoms with Crippen LogP contribution in [0.3, 0.4) is 0 Å². The molecule has 1 spiro atoms. The minimum atomic E-state index is 0.263. The lowest BCUT2D eigenvalue weighted by Crippen LogP contribution is -2.63. The summed E-state index contributed by atoms with van der Waals surface area (Å²) in [7, 11) is 0. The summed E-state index contributed by atoms with van der Waals surface area (Å²) in [5.74, 6) is 0. The first kappa shape index (κ1) is 14.6. The molecular formula is C17H28N2S. The van der Waals surface area contributed by atoms with Gasteiger partial charge in [-0.2, -0.15) is 0 Å². The number of piperazine rings is 1. The normalized spacial score (nSPS) is 27.2. The third-order valence-corrected chi connectivity index (χ3v) is 6.48. The molecular weight excluding hydrogens is 264 g/mol. The van der Waals surface area contributed by atoms with Crippen molar-refractivity contribution < 1.29 is 0 Å². The third kappa shape index (κ3) is 2.81. The highest BCUT2D eigenvalue weighted by atomic mass is 32.1. The Bertz CT molecular complexity index is 432. The highest BCUT2D eigenvalue weighted by Crippen LogP contribution is 2.35. The molecule has 112 valence electrons. The van der Waals surface area contributed by atoms with Crippen molar-refractivity contribution in [2.24, 2.45) is 0 Å². The Hall–Kier alpha value is -0.380. The van der Waals surface area contributed by atoms with Gasteiger partial charge in [0.1, 0.15) is 0 Å². The molecule has 3 rings (SSSR count). The van der Waals surface area contributed by atoms with E-state index in [4.69, 9.17) is 0 Å². The largest absolute Gasteiger partial charge is 0.308 e. The van der Waals surface area contributed by atoms with E-state index >= 15 is 0 Å². The number of thiophene rings is 1. The van der Waals surface area contributed by atoms with Crippen LogP contribution in [0.4, 0.5) is 0 Å². The summed E-state index contributed by atoms with van der Waals surface area (Å²) in [5.41, 5.74) is 0.692. The minimum absolute atomic E-state index is 0.263. The SMILES string of the molecule is CC1CNC2(CCCC2)CN1CC(C)(C)c1cccs1. The molecule has 2 fully saturated rings. The lowest BCUT2D eigenvalue weighted by molar-refractivity contribution is 0.0724. The van der Waals surface area contributed by atoms with E-state index in [1.165, 1.54) is 43.6 Å². The second-order valence-corrected chi connectivity index (χ2v) is 8.43. The van der Waals surface area contributed by atoms with Crippen molar-refractivity contribution in [3.05, 3.63) is 22.4 Å². The van der Waals surface area contributed by atoms with Gasteiger partial charge in [-0.3, -0.25) is 4.90 Å². The Labute approximate surface area is 127 Å². The lowest BCUT2D eigenvalue weighted by Gasteiger charge is -2.47. The summed E-state index contributed by atoms with van der Waals surface area (Å²) < 4.78 is 0. The van der Waals surface area contributed by atoms with E-state index in [2.05, 4.69) is 48.5 Å². The van der Waals surface area contributed by atoms with E-state index in [0.29, 0.717) is 11.6 Å². The fraction of sp³-hybridized carbons (Fsp3) is 0.765. The molecule has 1 N–H and O–H groups in total. The van der Waals surface area contributed by atoms with Crippen molar-refractivity contribution in [2.75, 3.05) is 19.6 Å². The van der Waals surface area contributed by atoms with Crippen LogP contribution in [0.2, 0.25) is 0 Å². The Morgan fingerprint density at radius 3 is 2.80 bits per heavy atom. The first-order valence-corrected chi connectivity index (χ1v) is 8.92. The van der Waals surface area contributed by atoms with E-state index in [1.807, 2.05) is 11.3 Å². The van der Waals surface area contributed by atoms with Crippen molar-refractivity contribution in [1.29, 1.82) is 0 Å². The molecule has 0 aromatic carbocycles. The summed E-state index contributed by atoms with van der Waals surface area (Å²) in [6.45, 7) is 10.7. The van der Waals surface area contributed by atoms with Crippen molar-refractivity contribution in [1.82, 2.24) is 10.2 Å². The van der Waals surface area contributed by atoms with Crippen LogP contribution in [0.1, 0.15) is 51.3 Å². The molecule has 1 saturated carbocycles. The van der Waals surface area contributed by atoms with E-state index in [1.54, 1.807) is 0 Å². The van der Waals surface area contributed by atoms with Gasteiger partial charge in [-0.25, -0.2) is 0 Å². The first-order valence-electron chi connectivity index (χ1n) is 8.04. The fourth-order valence-corrected chi connectivity index (χ4v) is 4.79. The Kier molecular flexibility index (Phi) is 3.95. The molecule has 2 heterocycles. The molecule has 2 nitrogen and oxygen atoms in total. The lowest BCUT2D eigenvalue weighted by atomic mass is 9.87. The van der Waals surface area contributed by atoms with Gasteiger partial charge < -0.3 is 5.32 Å². The van der Waals surface area contributed by atoms with Gasteiger partial charge in [-0.05, 0) is 31.2 Å². The van der Waals surface area contributed by atoms with Crippen LogP contribution in [0.15, 0.2) is 17.5 Å². The number of hydrogen-bond donors (Lipinski definition) is 1. The van der Waals surface area contributed by atoms with Crippen LogP contribution >= 0.6 is 11.3 Å². The summed E-state index contributed by atoms with van der Waals surface area (Å²) in [6.07, 6.45) is 5.55. The molecule has 0 bridgehead atoms. The summed E-state index contributed by atoms with van der Waals surface area (Å²) in [5, 5.41) is 6.06. The maximum atomic E-state index is 3.86. The zero-order valence-corrected chi connectivity index (χ0v) is 13.9. The Balaban J connectivity index is 1.72. The molecule has 1 atom stereocenters. The molecule has 1 unspecified atom stereocenters. The van der Waals surface area contributed by atoms with E-state index in [-0.39, 0.29) is 5.41 Å². The molecule has 1 aliphatic heterocycles. The van der Waals surface area contributed by atoms with E-state index in [0.717, 1.165) is 6.54 Å². The number of nitrogens with zero attached hydrogens (tertiary/aromatic N) is 1. The molecule has 1 aromatic heterocycles. The van der Waals surface area contributed by atoms with Crippen LogP contribution < -0.4 is 5.32 Å². The van der Waals surface area contributed by atoms with E-state index < -0.39 is 0 Å². The molecule has 1 aliphatic carbocycles. The fourth-order valence-electron chi connectivity index (χ4n) is 3.94. The monoisotopic (exact) mass is 292 g/mol. The smallest absolute Gasteiger partial charge is 0.0309 e. The van der Waals surface area contributed by atoms with Crippen LogP contribution in [0, 0.1) is 0 Å². The van der Waals surface area contributed by atoms with Crippen LogP contribution in [-0.2, 0) is 5.41 Å². The molecule has 0 radical (unpaired) electrons. The second kappa shape index (κ2) is 5.43. The highest BCUT2D eigenvalue weighted by Gasteiger charge is 2.41. The van der Waals surface area contributed by atoms with Crippen molar-refractivity contribution in [3.63, 3.8) is 0 Å². The van der Waals surface area contributed by atoms with Crippen LogP contribution in [-0.4, -0.2) is 36.1 Å². The molecule has 0 amide bonds. The zero-order chi connectivity index (χ0) is 14.2. The number of nitrogens with one attached hydrogen (secondary N) is 1. The minimum Gasteiger partial charge on any atom is -0.308 e. The van der Waals surface area contributed by atoms with Gasteiger partial charge in [0.25, 0.3) is 0 Å².